The fourth-order valence-corrected chi connectivity index (χ4v) is 3.86. The molecule has 0 fully saturated rings. The maximum Gasteiger partial charge on any atom is 0.412 e. The maximum absolute atomic E-state index is 12.9. The Kier molecular flexibility index (Phi) is 8.92. The number of carbonyl (C=O) groups excluding carboxylic acids is 2. The lowest BCUT2D eigenvalue weighted by Gasteiger charge is -2.26. The number of amides is 2. The Balaban J connectivity index is 1.99. The number of carbonyl (C=O) groups is 2. The van der Waals surface area contributed by atoms with Crippen molar-refractivity contribution in [2.24, 2.45) is 0 Å². The second kappa shape index (κ2) is 12.1. The monoisotopic (exact) mass is 482 g/mol. The van der Waals surface area contributed by atoms with E-state index in [-0.39, 0.29) is 12.4 Å². The normalized spacial score (nSPS) is 12.9. The van der Waals surface area contributed by atoms with Gasteiger partial charge in [-0.2, -0.15) is 0 Å². The molecule has 0 saturated heterocycles. The molecule has 0 aliphatic heterocycles. The molecule has 178 valence electrons. The summed E-state index contributed by atoms with van der Waals surface area (Å²) in [5.74, 6) is -0.669. The van der Waals surface area contributed by atoms with Gasteiger partial charge < -0.3 is 14.6 Å². The zero-order chi connectivity index (χ0) is 24.5. The minimum Gasteiger partial charge on any atom is -0.507 e. The van der Waals surface area contributed by atoms with Gasteiger partial charge in [-0.1, -0.05) is 30.3 Å². The van der Waals surface area contributed by atoms with Crippen molar-refractivity contribution in [2.45, 2.75) is 24.0 Å². The van der Waals surface area contributed by atoms with Gasteiger partial charge in [-0.25, -0.2) is 10.3 Å². The van der Waals surface area contributed by atoms with Crippen LogP contribution in [0.3, 0.4) is 0 Å². The fraction of sp³-hybridized carbons (Fsp3) is 0.200. The second-order valence-electron chi connectivity index (χ2n) is 7.15. The third kappa shape index (κ3) is 6.28. The van der Waals surface area contributed by atoms with Crippen molar-refractivity contribution in [2.75, 3.05) is 18.2 Å². The van der Waals surface area contributed by atoms with E-state index >= 15 is 0 Å². The maximum atomic E-state index is 12.9. The van der Waals surface area contributed by atoms with Gasteiger partial charge in [0.1, 0.15) is 11.9 Å². The average Bonchev–Trinajstić information content (AvgIpc) is 2.86. The molecule has 8 nitrogen and oxygen atoms in total. The first-order valence-corrected chi connectivity index (χ1v) is 11.8. The van der Waals surface area contributed by atoms with E-state index in [0.717, 1.165) is 11.0 Å². The van der Waals surface area contributed by atoms with Crippen molar-refractivity contribution in [3.63, 3.8) is 0 Å². The number of phenols is 1. The molecule has 3 rings (SSSR count). The zero-order valence-electron chi connectivity index (χ0n) is 18.7. The second-order valence-corrected chi connectivity index (χ2v) is 8.03. The Bertz CT molecular complexity index is 1170. The number of rotatable bonds is 9. The minimum absolute atomic E-state index is 0.0830. The van der Waals surface area contributed by atoms with Gasteiger partial charge in [0, 0.05) is 34.2 Å². The first kappa shape index (κ1) is 25.1. The van der Waals surface area contributed by atoms with Crippen molar-refractivity contribution in [3.05, 3.63) is 78.4 Å². The lowest BCUT2D eigenvalue weighted by atomic mass is 9.96. The number of hydroxylamine groups is 1. The molecule has 0 saturated carbocycles. The number of fused-ring (bicyclic) bond motifs is 1. The Morgan fingerprint density at radius 2 is 1.76 bits per heavy atom. The molecule has 0 aliphatic carbocycles. The summed E-state index contributed by atoms with van der Waals surface area (Å²) in [6.07, 6.45) is 1.91. The number of anilines is 1. The summed E-state index contributed by atoms with van der Waals surface area (Å²) in [4.78, 5) is 25.5. The number of hydrogen-bond donors (Lipinski definition) is 4. The first-order chi connectivity index (χ1) is 16.5. The predicted molar refractivity (Wildman–Crippen MR) is 131 cm³/mol. The van der Waals surface area contributed by atoms with E-state index in [2.05, 4.69) is 5.32 Å². The largest absolute Gasteiger partial charge is 0.507 e. The summed E-state index contributed by atoms with van der Waals surface area (Å²) in [6.45, 7) is 2.04. The van der Waals surface area contributed by atoms with Crippen LogP contribution in [0.15, 0.2) is 77.7 Å². The molecule has 3 aromatic carbocycles. The molecule has 0 bridgehead atoms. The van der Waals surface area contributed by atoms with E-state index in [1.165, 1.54) is 17.6 Å². The van der Waals surface area contributed by atoms with E-state index in [1.807, 2.05) is 18.4 Å². The molecular weight excluding hydrogens is 456 g/mol. The number of aromatic hydroxyl groups is 1. The van der Waals surface area contributed by atoms with Crippen LogP contribution in [-0.4, -0.2) is 41.3 Å². The molecule has 9 heteroatoms. The molecule has 0 heterocycles. The third-order valence-corrected chi connectivity index (χ3v) is 5.76. The van der Waals surface area contributed by atoms with Gasteiger partial charge in [-0.15, -0.1) is 11.8 Å². The topological polar surface area (TPSA) is 117 Å². The minimum atomic E-state index is -0.973. The summed E-state index contributed by atoms with van der Waals surface area (Å²) in [5, 5.41) is 23.1. The lowest BCUT2D eigenvalue weighted by Crippen LogP contribution is -2.28. The van der Waals surface area contributed by atoms with E-state index in [4.69, 9.17) is 14.7 Å². The summed E-state index contributed by atoms with van der Waals surface area (Å²) < 4.78 is 11.6. The van der Waals surface area contributed by atoms with E-state index in [1.54, 1.807) is 61.2 Å². The molecular formula is C25H26N2O6S. The molecule has 0 aliphatic rings. The van der Waals surface area contributed by atoms with Crippen LogP contribution in [0.5, 0.6) is 5.75 Å². The molecule has 2 atom stereocenters. The molecule has 0 unspecified atom stereocenters. The van der Waals surface area contributed by atoms with Crippen molar-refractivity contribution in [3.8, 4) is 5.75 Å². The summed E-state index contributed by atoms with van der Waals surface area (Å²) >= 11 is 1.59. The van der Waals surface area contributed by atoms with Crippen LogP contribution in [0, 0.1) is 0 Å². The highest BCUT2D eigenvalue weighted by Gasteiger charge is 2.28. The van der Waals surface area contributed by atoms with Gasteiger partial charge in [0.15, 0.2) is 6.10 Å². The number of hydrogen-bond acceptors (Lipinski definition) is 7. The Morgan fingerprint density at radius 1 is 1.06 bits per heavy atom. The fourth-order valence-electron chi connectivity index (χ4n) is 3.45. The van der Waals surface area contributed by atoms with Crippen LogP contribution >= 0.6 is 11.8 Å². The highest BCUT2D eigenvalue weighted by atomic mass is 32.2. The quantitative estimate of drug-likeness (QED) is 0.146. The highest BCUT2D eigenvalue weighted by molar-refractivity contribution is 7.98. The van der Waals surface area contributed by atoms with E-state index in [9.17, 15) is 14.7 Å². The van der Waals surface area contributed by atoms with Gasteiger partial charge >= 0.3 is 6.09 Å². The van der Waals surface area contributed by atoms with Crippen molar-refractivity contribution in [1.82, 2.24) is 5.48 Å². The molecule has 3 aromatic rings. The zero-order valence-corrected chi connectivity index (χ0v) is 19.5. The Hall–Kier alpha value is -3.53. The Morgan fingerprint density at radius 3 is 2.41 bits per heavy atom. The van der Waals surface area contributed by atoms with Crippen LogP contribution in [0.1, 0.15) is 18.6 Å². The first-order valence-electron chi connectivity index (χ1n) is 10.5. The number of thioether (sulfide) groups is 1. The van der Waals surface area contributed by atoms with Crippen LogP contribution in [-0.2, 0) is 14.3 Å². The molecule has 2 amide bonds. The van der Waals surface area contributed by atoms with Crippen molar-refractivity contribution < 1.29 is 29.4 Å². The molecule has 0 radical (unpaired) electrons. The lowest BCUT2D eigenvalue weighted by molar-refractivity contribution is -0.124. The molecule has 0 aromatic heterocycles. The smallest absolute Gasteiger partial charge is 0.412 e. The third-order valence-electron chi connectivity index (χ3n) is 5.02. The summed E-state index contributed by atoms with van der Waals surface area (Å²) in [6, 6.07) is 17.6. The predicted octanol–water partition coefficient (Wildman–Crippen LogP) is 5.02. The van der Waals surface area contributed by atoms with E-state index < -0.39 is 24.2 Å². The van der Waals surface area contributed by atoms with E-state index in [0.29, 0.717) is 22.0 Å². The molecule has 4 N–H and O–H groups in total. The highest BCUT2D eigenvalue weighted by Crippen LogP contribution is 2.35. The van der Waals surface area contributed by atoms with Crippen LogP contribution in [0.2, 0.25) is 0 Å². The van der Waals surface area contributed by atoms with Crippen LogP contribution in [0.25, 0.3) is 10.8 Å². The summed E-state index contributed by atoms with van der Waals surface area (Å²) in [7, 11) is 0. The standard InChI is InChI=1S/C25H26N2O6S/c1-3-32-22(14-15-23(29)27-31)24(20-12-13-21(28)19-7-5-4-6-18(19)20)33-25(30)26-16-8-10-17(34-2)11-9-16/h4-15,22,24,28,31H,3H2,1-2H3,(H,26,30)(H,27,29)/b15-14+/t22-,24-/m1/s1. The van der Waals surface area contributed by atoms with Crippen LogP contribution < -0.4 is 10.8 Å². The molecule has 34 heavy (non-hydrogen) atoms. The Labute approximate surface area is 201 Å². The van der Waals surface area contributed by atoms with Gasteiger partial charge in [0.05, 0.1) is 0 Å². The van der Waals surface area contributed by atoms with Crippen LogP contribution in [0.4, 0.5) is 10.5 Å². The van der Waals surface area contributed by atoms with Crippen molar-refractivity contribution in [1.29, 1.82) is 0 Å². The average molecular weight is 483 g/mol. The van der Waals surface area contributed by atoms with Gasteiger partial charge in [-0.3, -0.25) is 15.3 Å². The number of ether oxygens (including phenoxy) is 2. The van der Waals surface area contributed by atoms with Gasteiger partial charge in [0.25, 0.3) is 5.91 Å². The van der Waals surface area contributed by atoms with Gasteiger partial charge in [0.2, 0.25) is 0 Å². The van der Waals surface area contributed by atoms with Gasteiger partial charge in [-0.05, 0) is 55.0 Å². The number of benzene rings is 3. The summed E-state index contributed by atoms with van der Waals surface area (Å²) in [5.41, 5.74) is 2.66. The molecule has 0 spiro atoms. The van der Waals surface area contributed by atoms with Crippen molar-refractivity contribution >= 4 is 40.2 Å². The SMILES string of the molecule is CCO[C@H](/C=C/C(=O)NO)[C@H](OC(=O)Nc1ccc(SC)cc1)c1ccc(O)c2ccccc12. The number of nitrogens with one attached hydrogen (secondary N) is 2. The number of phenolic OH excluding ortho intramolecular Hbond substituents is 1.